The van der Waals surface area contributed by atoms with E-state index in [0.29, 0.717) is 11.5 Å². The lowest BCUT2D eigenvalue weighted by molar-refractivity contribution is 0.597. The van der Waals surface area contributed by atoms with Gasteiger partial charge in [-0.3, -0.25) is 0 Å². The van der Waals surface area contributed by atoms with Crippen molar-refractivity contribution >= 4 is 21.5 Å². The Morgan fingerprint density at radius 3 is 2.88 bits per heavy atom. The number of hydrogen-bond donors (Lipinski definition) is 2. The maximum Gasteiger partial charge on any atom is 0.286 e. The van der Waals surface area contributed by atoms with E-state index in [1.807, 2.05) is 6.07 Å². The Morgan fingerprint density at radius 1 is 1.29 bits per heavy atom. The number of benzene rings is 1. The van der Waals surface area contributed by atoms with Crippen LogP contribution in [0.3, 0.4) is 0 Å². The normalized spacial score (nSPS) is 25.9. The van der Waals surface area contributed by atoms with Crippen molar-refractivity contribution in [1.29, 1.82) is 0 Å². The first-order chi connectivity index (χ1) is 8.17. The van der Waals surface area contributed by atoms with Crippen LogP contribution in [0, 0.1) is 0 Å². The smallest absolute Gasteiger partial charge is 0.286 e. The largest absolute Gasteiger partial charge is 0.341 e. The number of rotatable bonds is 1. The highest BCUT2D eigenvalue weighted by Crippen LogP contribution is 2.28. The van der Waals surface area contributed by atoms with Gasteiger partial charge in [0.1, 0.15) is 10.7 Å². The molecule has 0 radical (unpaired) electrons. The van der Waals surface area contributed by atoms with E-state index in [1.165, 1.54) is 0 Å². The summed E-state index contributed by atoms with van der Waals surface area (Å²) in [5.74, 6) is 0.515. The number of sulfonamides is 1. The summed E-state index contributed by atoms with van der Waals surface area (Å²) in [7, 11) is -3.54. The van der Waals surface area contributed by atoms with Gasteiger partial charge in [0.25, 0.3) is 10.0 Å². The molecule has 90 valence electrons. The highest BCUT2D eigenvalue weighted by atomic mass is 32.2. The molecule has 1 saturated heterocycles. The van der Waals surface area contributed by atoms with Crippen molar-refractivity contribution in [1.82, 2.24) is 5.32 Å². The molecule has 3 rings (SSSR count). The second-order valence-corrected chi connectivity index (χ2v) is 5.79. The zero-order chi connectivity index (χ0) is 11.9. The first-order valence-corrected chi connectivity index (χ1v) is 7.05. The van der Waals surface area contributed by atoms with E-state index in [0.717, 1.165) is 19.4 Å². The molecular formula is C11H13N3O2S. The topological polar surface area (TPSA) is 70.6 Å². The van der Waals surface area contributed by atoms with Crippen LogP contribution in [0.25, 0.3) is 0 Å². The van der Waals surface area contributed by atoms with Crippen molar-refractivity contribution in [3.63, 3.8) is 0 Å². The minimum absolute atomic E-state index is 0.0260. The van der Waals surface area contributed by atoms with Gasteiger partial charge < -0.3 is 10.6 Å². The van der Waals surface area contributed by atoms with Crippen molar-refractivity contribution in [2.75, 3.05) is 11.9 Å². The molecule has 5 nitrogen and oxygen atoms in total. The summed E-state index contributed by atoms with van der Waals surface area (Å²) in [6, 6.07) is 6.87. The maximum atomic E-state index is 12.0. The number of anilines is 1. The molecule has 0 aliphatic carbocycles. The zero-order valence-electron chi connectivity index (χ0n) is 9.18. The Labute approximate surface area is 100 Å². The van der Waals surface area contributed by atoms with Crippen molar-refractivity contribution in [2.24, 2.45) is 4.40 Å². The van der Waals surface area contributed by atoms with Gasteiger partial charge in [-0.1, -0.05) is 12.1 Å². The van der Waals surface area contributed by atoms with Gasteiger partial charge >= 0.3 is 0 Å². The summed E-state index contributed by atoms with van der Waals surface area (Å²) < 4.78 is 27.8. The van der Waals surface area contributed by atoms with E-state index in [2.05, 4.69) is 15.0 Å². The van der Waals surface area contributed by atoms with Crippen LogP contribution in [-0.2, 0) is 10.0 Å². The molecule has 2 aliphatic heterocycles. The van der Waals surface area contributed by atoms with Crippen LogP contribution in [-0.4, -0.2) is 26.8 Å². The summed E-state index contributed by atoms with van der Waals surface area (Å²) in [5.41, 5.74) is 0.617. The van der Waals surface area contributed by atoms with Gasteiger partial charge in [0.15, 0.2) is 0 Å². The molecule has 2 aliphatic rings. The SMILES string of the molecule is O=S1(=O)N=C(C2CCCN2)Nc2ccccc21. The molecule has 0 spiro atoms. The maximum absolute atomic E-state index is 12.0. The monoisotopic (exact) mass is 251 g/mol. The molecule has 2 N–H and O–H groups in total. The van der Waals surface area contributed by atoms with E-state index >= 15 is 0 Å². The molecule has 17 heavy (non-hydrogen) atoms. The second-order valence-electron chi connectivity index (χ2n) is 4.22. The minimum Gasteiger partial charge on any atom is -0.341 e. The van der Waals surface area contributed by atoms with Gasteiger partial charge in [0.05, 0.1) is 11.7 Å². The number of para-hydroxylation sites is 1. The Hall–Kier alpha value is -1.40. The molecular weight excluding hydrogens is 238 g/mol. The van der Waals surface area contributed by atoms with Crippen LogP contribution >= 0.6 is 0 Å². The minimum atomic E-state index is -3.54. The fourth-order valence-electron chi connectivity index (χ4n) is 2.20. The molecule has 1 unspecified atom stereocenters. The third kappa shape index (κ3) is 1.83. The third-order valence-corrected chi connectivity index (χ3v) is 4.39. The highest BCUT2D eigenvalue weighted by molar-refractivity contribution is 7.90. The van der Waals surface area contributed by atoms with Gasteiger partial charge in [-0.25, -0.2) is 0 Å². The van der Waals surface area contributed by atoms with E-state index in [1.54, 1.807) is 18.2 Å². The lowest BCUT2D eigenvalue weighted by atomic mass is 10.2. The molecule has 0 aromatic heterocycles. The van der Waals surface area contributed by atoms with Gasteiger partial charge in [-0.2, -0.15) is 8.42 Å². The van der Waals surface area contributed by atoms with E-state index in [-0.39, 0.29) is 10.9 Å². The number of nitrogens with one attached hydrogen (secondary N) is 2. The standard InChI is InChI=1S/C11H13N3O2S/c15-17(16)10-6-2-1-4-8(10)13-11(14-17)9-5-3-7-12-9/h1-2,4,6,9,12H,3,5,7H2,(H,13,14). The molecule has 1 aromatic carbocycles. The van der Waals surface area contributed by atoms with Crippen molar-refractivity contribution < 1.29 is 8.42 Å². The molecule has 1 fully saturated rings. The van der Waals surface area contributed by atoms with Crippen LogP contribution in [0.4, 0.5) is 5.69 Å². The summed E-state index contributed by atoms with van der Waals surface area (Å²) in [6.07, 6.45) is 1.97. The van der Waals surface area contributed by atoms with Crippen LogP contribution in [0.1, 0.15) is 12.8 Å². The molecule has 2 heterocycles. The Balaban J connectivity index is 2.04. The lowest BCUT2D eigenvalue weighted by Crippen LogP contribution is -2.38. The first kappa shape index (κ1) is 10.7. The predicted molar refractivity (Wildman–Crippen MR) is 65.7 cm³/mol. The number of hydrogen-bond acceptors (Lipinski definition) is 4. The zero-order valence-corrected chi connectivity index (χ0v) is 10.00. The lowest BCUT2D eigenvalue weighted by Gasteiger charge is -2.21. The van der Waals surface area contributed by atoms with Crippen molar-refractivity contribution in [2.45, 2.75) is 23.8 Å². The number of nitrogens with zero attached hydrogens (tertiary/aromatic N) is 1. The van der Waals surface area contributed by atoms with Crippen LogP contribution < -0.4 is 10.6 Å². The van der Waals surface area contributed by atoms with Gasteiger partial charge in [0.2, 0.25) is 0 Å². The summed E-state index contributed by atoms with van der Waals surface area (Å²) in [6.45, 7) is 0.910. The summed E-state index contributed by atoms with van der Waals surface area (Å²) in [4.78, 5) is 0.252. The van der Waals surface area contributed by atoms with Crippen LogP contribution in [0.5, 0.6) is 0 Å². The van der Waals surface area contributed by atoms with E-state index in [4.69, 9.17) is 0 Å². The molecule has 1 atom stereocenters. The van der Waals surface area contributed by atoms with E-state index in [9.17, 15) is 8.42 Å². The predicted octanol–water partition coefficient (Wildman–Crippen LogP) is 0.951. The molecule has 0 amide bonds. The average Bonchev–Trinajstić information content (AvgIpc) is 2.81. The second kappa shape index (κ2) is 3.82. The fraction of sp³-hybridized carbons (Fsp3) is 0.364. The molecule has 0 saturated carbocycles. The van der Waals surface area contributed by atoms with Crippen LogP contribution in [0.2, 0.25) is 0 Å². The van der Waals surface area contributed by atoms with Crippen LogP contribution in [0.15, 0.2) is 33.6 Å². The number of amidine groups is 1. The summed E-state index contributed by atoms with van der Waals surface area (Å²) >= 11 is 0. The van der Waals surface area contributed by atoms with Crippen molar-refractivity contribution in [3.8, 4) is 0 Å². The Bertz CT molecular complexity index is 574. The average molecular weight is 251 g/mol. The van der Waals surface area contributed by atoms with E-state index < -0.39 is 10.0 Å². The van der Waals surface area contributed by atoms with Gasteiger partial charge in [-0.15, -0.1) is 4.40 Å². The van der Waals surface area contributed by atoms with Crippen molar-refractivity contribution in [3.05, 3.63) is 24.3 Å². The highest BCUT2D eigenvalue weighted by Gasteiger charge is 2.29. The molecule has 0 bridgehead atoms. The molecule has 6 heteroatoms. The third-order valence-electron chi connectivity index (χ3n) is 3.04. The van der Waals surface area contributed by atoms with Gasteiger partial charge in [0, 0.05) is 0 Å². The summed E-state index contributed by atoms with van der Waals surface area (Å²) in [5, 5.41) is 6.34. The van der Waals surface area contributed by atoms with Gasteiger partial charge in [-0.05, 0) is 31.5 Å². The number of fused-ring (bicyclic) bond motifs is 1. The first-order valence-electron chi connectivity index (χ1n) is 5.61. The Morgan fingerprint density at radius 2 is 2.12 bits per heavy atom. The Kier molecular flexibility index (Phi) is 2.41. The molecule has 1 aromatic rings. The fourth-order valence-corrected chi connectivity index (χ4v) is 3.38. The quantitative estimate of drug-likeness (QED) is 0.779.